The van der Waals surface area contributed by atoms with Crippen molar-refractivity contribution in [2.24, 2.45) is 0 Å². The Labute approximate surface area is 144 Å². The maximum atomic E-state index is 12.2. The summed E-state index contributed by atoms with van der Waals surface area (Å²) in [6, 6.07) is 13.6. The van der Waals surface area contributed by atoms with Crippen molar-refractivity contribution < 1.29 is 14.3 Å². The molecule has 0 fully saturated rings. The van der Waals surface area contributed by atoms with Crippen molar-refractivity contribution in [1.29, 1.82) is 0 Å². The zero-order chi connectivity index (χ0) is 17.7. The number of carbonyl (C=O) groups is 1. The number of aryl methyl sites for hydroxylation is 2. The number of rotatable bonds is 5. The SMILES string of the molecule is CCc1ccccc1OCC(=O)Oc1ccc(C)cc1C(C)(C)C. The molecule has 0 bridgehead atoms. The molecule has 0 atom stereocenters. The fourth-order valence-electron chi connectivity index (χ4n) is 2.54. The first-order valence-corrected chi connectivity index (χ1v) is 8.33. The van der Waals surface area contributed by atoms with Crippen molar-refractivity contribution in [2.45, 2.75) is 46.5 Å². The Bertz CT molecular complexity index is 711. The molecule has 0 radical (unpaired) electrons. The molecule has 128 valence electrons. The van der Waals surface area contributed by atoms with Crippen LogP contribution >= 0.6 is 0 Å². The summed E-state index contributed by atoms with van der Waals surface area (Å²) < 4.78 is 11.2. The number of hydrogen-bond donors (Lipinski definition) is 0. The molecule has 0 amide bonds. The molecule has 2 rings (SSSR count). The first-order chi connectivity index (χ1) is 11.3. The molecule has 0 saturated heterocycles. The Kier molecular flexibility index (Phi) is 5.66. The van der Waals surface area contributed by atoms with Crippen LogP contribution in [0.2, 0.25) is 0 Å². The number of ether oxygens (including phenoxy) is 2. The molecular formula is C21H26O3. The average molecular weight is 326 g/mol. The van der Waals surface area contributed by atoms with Gasteiger partial charge in [-0.25, -0.2) is 4.79 Å². The monoisotopic (exact) mass is 326 g/mol. The molecule has 24 heavy (non-hydrogen) atoms. The largest absolute Gasteiger partial charge is 0.482 e. The summed E-state index contributed by atoms with van der Waals surface area (Å²) in [6.07, 6.45) is 0.858. The lowest BCUT2D eigenvalue weighted by molar-refractivity contribution is -0.136. The molecule has 0 saturated carbocycles. The van der Waals surface area contributed by atoms with Crippen molar-refractivity contribution in [3.05, 3.63) is 59.2 Å². The van der Waals surface area contributed by atoms with E-state index >= 15 is 0 Å². The van der Waals surface area contributed by atoms with Crippen LogP contribution < -0.4 is 9.47 Å². The zero-order valence-corrected chi connectivity index (χ0v) is 15.2. The van der Waals surface area contributed by atoms with Gasteiger partial charge in [0.05, 0.1) is 0 Å². The topological polar surface area (TPSA) is 35.5 Å². The fraction of sp³-hybridized carbons (Fsp3) is 0.381. The van der Waals surface area contributed by atoms with E-state index in [4.69, 9.17) is 9.47 Å². The number of para-hydroxylation sites is 1. The van der Waals surface area contributed by atoms with Crippen LogP contribution in [0.15, 0.2) is 42.5 Å². The number of hydrogen-bond acceptors (Lipinski definition) is 3. The second-order valence-corrected chi connectivity index (χ2v) is 6.97. The van der Waals surface area contributed by atoms with Crippen molar-refractivity contribution in [3.8, 4) is 11.5 Å². The smallest absolute Gasteiger partial charge is 0.349 e. The molecule has 2 aromatic rings. The van der Waals surface area contributed by atoms with Crippen molar-refractivity contribution in [2.75, 3.05) is 6.61 Å². The van der Waals surface area contributed by atoms with E-state index in [9.17, 15) is 4.79 Å². The molecule has 0 spiro atoms. The molecule has 3 heteroatoms. The maximum Gasteiger partial charge on any atom is 0.349 e. The van der Waals surface area contributed by atoms with Gasteiger partial charge in [0.15, 0.2) is 6.61 Å². The van der Waals surface area contributed by atoms with E-state index in [-0.39, 0.29) is 12.0 Å². The van der Waals surface area contributed by atoms with E-state index in [2.05, 4.69) is 33.8 Å². The van der Waals surface area contributed by atoms with Gasteiger partial charge in [-0.3, -0.25) is 0 Å². The van der Waals surface area contributed by atoms with E-state index in [0.29, 0.717) is 5.75 Å². The van der Waals surface area contributed by atoms with E-state index in [1.165, 1.54) is 0 Å². The molecular weight excluding hydrogens is 300 g/mol. The van der Waals surface area contributed by atoms with Crippen LogP contribution in [-0.4, -0.2) is 12.6 Å². The van der Waals surface area contributed by atoms with E-state index < -0.39 is 5.97 Å². The lowest BCUT2D eigenvalue weighted by Crippen LogP contribution is -2.21. The highest BCUT2D eigenvalue weighted by atomic mass is 16.6. The maximum absolute atomic E-state index is 12.2. The zero-order valence-electron chi connectivity index (χ0n) is 15.2. The van der Waals surface area contributed by atoms with Gasteiger partial charge in [0.1, 0.15) is 11.5 Å². The molecule has 0 aromatic heterocycles. The van der Waals surface area contributed by atoms with Gasteiger partial charge in [0.25, 0.3) is 0 Å². The van der Waals surface area contributed by atoms with Crippen LogP contribution in [0, 0.1) is 6.92 Å². The van der Waals surface area contributed by atoms with Crippen LogP contribution in [-0.2, 0) is 16.6 Å². The fourth-order valence-corrected chi connectivity index (χ4v) is 2.54. The van der Waals surface area contributed by atoms with Crippen LogP contribution in [0.5, 0.6) is 11.5 Å². The summed E-state index contributed by atoms with van der Waals surface area (Å²) in [5, 5.41) is 0. The molecule has 0 aliphatic rings. The van der Waals surface area contributed by atoms with Gasteiger partial charge in [-0.05, 0) is 36.5 Å². The van der Waals surface area contributed by atoms with Gasteiger partial charge >= 0.3 is 5.97 Å². The van der Waals surface area contributed by atoms with Gasteiger partial charge in [-0.2, -0.15) is 0 Å². The van der Waals surface area contributed by atoms with Crippen LogP contribution in [0.25, 0.3) is 0 Å². The molecule has 0 heterocycles. The number of carbonyl (C=O) groups excluding carboxylic acids is 1. The third kappa shape index (κ3) is 4.60. The Morgan fingerprint density at radius 1 is 1.04 bits per heavy atom. The van der Waals surface area contributed by atoms with Crippen LogP contribution in [0.1, 0.15) is 44.4 Å². The van der Waals surface area contributed by atoms with E-state index in [0.717, 1.165) is 28.9 Å². The normalized spacial score (nSPS) is 11.2. The van der Waals surface area contributed by atoms with Gasteiger partial charge in [-0.1, -0.05) is 63.6 Å². The minimum absolute atomic E-state index is 0.0999. The quantitative estimate of drug-likeness (QED) is 0.582. The second-order valence-electron chi connectivity index (χ2n) is 6.97. The molecule has 2 aromatic carbocycles. The van der Waals surface area contributed by atoms with E-state index in [1.54, 1.807) is 0 Å². The summed E-state index contributed by atoms with van der Waals surface area (Å²) in [4.78, 5) is 12.2. The highest BCUT2D eigenvalue weighted by molar-refractivity contribution is 5.74. The lowest BCUT2D eigenvalue weighted by Gasteiger charge is -2.22. The van der Waals surface area contributed by atoms with E-state index in [1.807, 2.05) is 43.3 Å². The Morgan fingerprint density at radius 2 is 1.75 bits per heavy atom. The Balaban J connectivity index is 2.08. The van der Waals surface area contributed by atoms with Gasteiger partial charge in [0.2, 0.25) is 0 Å². The average Bonchev–Trinajstić information content (AvgIpc) is 2.54. The summed E-state index contributed by atoms with van der Waals surface area (Å²) in [5.74, 6) is 0.942. The van der Waals surface area contributed by atoms with Crippen molar-refractivity contribution in [3.63, 3.8) is 0 Å². The second kappa shape index (κ2) is 7.52. The first kappa shape index (κ1) is 18.1. The minimum atomic E-state index is -0.393. The third-order valence-electron chi connectivity index (χ3n) is 3.87. The standard InChI is InChI=1S/C21H26O3/c1-6-16-9-7-8-10-18(16)23-14-20(22)24-19-12-11-15(2)13-17(19)21(3,4)5/h7-13H,6,14H2,1-5H3. The predicted molar refractivity (Wildman–Crippen MR) is 96.8 cm³/mol. The minimum Gasteiger partial charge on any atom is -0.482 e. The molecule has 0 N–H and O–H groups in total. The molecule has 3 nitrogen and oxygen atoms in total. The van der Waals surface area contributed by atoms with Gasteiger partial charge in [0, 0.05) is 5.56 Å². The summed E-state index contributed by atoms with van der Waals surface area (Å²) in [6.45, 7) is 10.3. The summed E-state index contributed by atoms with van der Waals surface area (Å²) >= 11 is 0. The Hall–Kier alpha value is -2.29. The summed E-state index contributed by atoms with van der Waals surface area (Å²) in [7, 11) is 0. The molecule has 0 aliphatic carbocycles. The van der Waals surface area contributed by atoms with Crippen LogP contribution in [0.4, 0.5) is 0 Å². The highest BCUT2D eigenvalue weighted by Gasteiger charge is 2.21. The first-order valence-electron chi connectivity index (χ1n) is 8.33. The van der Waals surface area contributed by atoms with Crippen molar-refractivity contribution in [1.82, 2.24) is 0 Å². The molecule has 0 unspecified atom stereocenters. The lowest BCUT2D eigenvalue weighted by atomic mass is 9.85. The molecule has 0 aliphatic heterocycles. The van der Waals surface area contributed by atoms with Crippen LogP contribution in [0.3, 0.4) is 0 Å². The van der Waals surface area contributed by atoms with Gasteiger partial charge < -0.3 is 9.47 Å². The highest BCUT2D eigenvalue weighted by Crippen LogP contribution is 2.32. The van der Waals surface area contributed by atoms with Crippen molar-refractivity contribution >= 4 is 5.97 Å². The third-order valence-corrected chi connectivity index (χ3v) is 3.87. The Morgan fingerprint density at radius 3 is 2.42 bits per heavy atom. The van der Waals surface area contributed by atoms with Gasteiger partial charge in [-0.15, -0.1) is 0 Å². The summed E-state index contributed by atoms with van der Waals surface area (Å²) in [5.41, 5.74) is 3.14. The number of esters is 1. The number of benzene rings is 2. The predicted octanol–water partition coefficient (Wildman–Crippen LogP) is 4.84.